The van der Waals surface area contributed by atoms with Crippen LogP contribution in [0.4, 0.5) is 0 Å². The van der Waals surface area contributed by atoms with Gasteiger partial charge >= 0.3 is 11.9 Å². The number of aliphatic carboxylic acids is 2. The predicted octanol–water partition coefficient (Wildman–Crippen LogP) is 8.45. The molecular formula is C42H38O8. The zero-order valence-corrected chi connectivity index (χ0v) is 27.3. The summed E-state index contributed by atoms with van der Waals surface area (Å²) in [6.07, 6.45) is 5.27. The van der Waals surface area contributed by atoms with Crippen molar-refractivity contribution < 1.29 is 38.7 Å². The van der Waals surface area contributed by atoms with E-state index in [-0.39, 0.29) is 38.3 Å². The number of ether oxygens (including phenoxy) is 4. The Bertz CT molecular complexity index is 1720. The van der Waals surface area contributed by atoms with Crippen LogP contribution in [0.2, 0.25) is 0 Å². The van der Waals surface area contributed by atoms with Crippen LogP contribution in [0.1, 0.15) is 0 Å². The fraction of sp³-hybridized carbons (Fsp3) is 0.143. The summed E-state index contributed by atoms with van der Waals surface area (Å²) in [5.74, 6) is -0.453. The molecule has 2 atom stereocenters. The normalized spacial score (nSPS) is 12.3. The van der Waals surface area contributed by atoms with Gasteiger partial charge in [-0.3, -0.25) is 0 Å². The maximum Gasteiger partial charge on any atom is 0.327 e. The molecule has 0 radical (unpaired) electrons. The fourth-order valence-electron chi connectivity index (χ4n) is 4.97. The highest BCUT2D eigenvalue weighted by atomic mass is 16.5. The molecule has 8 heteroatoms. The lowest BCUT2D eigenvalue weighted by atomic mass is 10.1. The standard InChI is InChI=1S/C42H38O8/c43-41(44)24-14-31(27-47-37-20-16-35(17-21-37)33-8-3-1-4-9-33)29-49-39-12-7-13-40(26-39)50-30-32(15-25-42(45)46)28-48-38-22-18-36(19-23-38)34-10-5-2-6-11-34/h1-26,31-32H,27-30H2,(H,43,44)(H,45,46). The molecule has 2 unspecified atom stereocenters. The molecule has 0 saturated carbocycles. The smallest absolute Gasteiger partial charge is 0.327 e. The Kier molecular flexibility index (Phi) is 12.8. The van der Waals surface area contributed by atoms with Crippen LogP contribution in [0.5, 0.6) is 23.0 Å². The number of hydrogen-bond acceptors (Lipinski definition) is 6. The topological polar surface area (TPSA) is 112 Å². The largest absolute Gasteiger partial charge is 0.493 e. The highest BCUT2D eigenvalue weighted by Gasteiger charge is 2.12. The SMILES string of the molecule is O=C(O)C=CC(COc1ccc(-c2ccccc2)cc1)COc1cccc(OCC(C=CC(=O)O)COc2ccc(-c3ccccc3)cc2)c1. The molecule has 0 fully saturated rings. The molecule has 0 aromatic heterocycles. The Balaban J connectivity index is 1.15. The maximum absolute atomic E-state index is 11.2. The van der Waals surface area contributed by atoms with Crippen molar-refractivity contribution >= 4 is 11.9 Å². The van der Waals surface area contributed by atoms with Crippen molar-refractivity contribution in [2.45, 2.75) is 0 Å². The molecule has 5 aromatic carbocycles. The van der Waals surface area contributed by atoms with Gasteiger partial charge in [0.25, 0.3) is 0 Å². The second-order valence-electron chi connectivity index (χ2n) is 11.4. The summed E-state index contributed by atoms with van der Waals surface area (Å²) in [6, 6.07) is 42.5. The molecule has 0 aliphatic carbocycles. The van der Waals surface area contributed by atoms with Gasteiger partial charge in [0.15, 0.2) is 0 Å². The van der Waals surface area contributed by atoms with Gasteiger partial charge < -0.3 is 29.2 Å². The van der Waals surface area contributed by atoms with E-state index in [0.717, 1.165) is 34.4 Å². The molecule has 50 heavy (non-hydrogen) atoms. The lowest BCUT2D eigenvalue weighted by Crippen LogP contribution is -2.19. The molecule has 0 saturated heterocycles. The summed E-state index contributed by atoms with van der Waals surface area (Å²) in [5, 5.41) is 18.4. The highest BCUT2D eigenvalue weighted by molar-refractivity contribution is 5.80. The van der Waals surface area contributed by atoms with E-state index in [4.69, 9.17) is 18.9 Å². The van der Waals surface area contributed by atoms with E-state index in [2.05, 4.69) is 0 Å². The molecule has 0 heterocycles. The minimum Gasteiger partial charge on any atom is -0.493 e. The third kappa shape index (κ3) is 11.5. The predicted molar refractivity (Wildman–Crippen MR) is 193 cm³/mol. The second kappa shape index (κ2) is 18.3. The van der Waals surface area contributed by atoms with Gasteiger partial charge in [-0.25, -0.2) is 9.59 Å². The number of carboxylic acids is 2. The van der Waals surface area contributed by atoms with Crippen molar-refractivity contribution in [2.24, 2.45) is 11.8 Å². The average molecular weight is 671 g/mol. The van der Waals surface area contributed by atoms with Gasteiger partial charge in [0.1, 0.15) is 23.0 Å². The Labute approximate surface area is 291 Å². The van der Waals surface area contributed by atoms with Gasteiger partial charge in [-0.2, -0.15) is 0 Å². The monoisotopic (exact) mass is 670 g/mol. The zero-order chi connectivity index (χ0) is 35.0. The van der Waals surface area contributed by atoms with E-state index in [1.165, 1.54) is 0 Å². The molecule has 0 bridgehead atoms. The van der Waals surface area contributed by atoms with Crippen molar-refractivity contribution in [1.29, 1.82) is 0 Å². The van der Waals surface area contributed by atoms with Crippen molar-refractivity contribution in [3.63, 3.8) is 0 Å². The van der Waals surface area contributed by atoms with Crippen LogP contribution in [-0.4, -0.2) is 48.6 Å². The van der Waals surface area contributed by atoms with Crippen LogP contribution >= 0.6 is 0 Å². The van der Waals surface area contributed by atoms with E-state index in [9.17, 15) is 19.8 Å². The van der Waals surface area contributed by atoms with Gasteiger partial charge in [-0.15, -0.1) is 0 Å². The first kappa shape index (κ1) is 35.0. The third-order valence-corrected chi connectivity index (χ3v) is 7.61. The molecule has 254 valence electrons. The molecule has 8 nitrogen and oxygen atoms in total. The molecule has 5 rings (SSSR count). The molecule has 0 aliphatic heterocycles. The zero-order valence-electron chi connectivity index (χ0n) is 27.3. The van der Waals surface area contributed by atoms with Crippen LogP contribution in [0.15, 0.2) is 158 Å². The van der Waals surface area contributed by atoms with Crippen molar-refractivity contribution in [3.8, 4) is 45.3 Å². The second-order valence-corrected chi connectivity index (χ2v) is 11.4. The Hall–Kier alpha value is -6.28. The number of carboxylic acid groups (broad SMARTS) is 2. The first-order valence-electron chi connectivity index (χ1n) is 16.2. The first-order chi connectivity index (χ1) is 24.4. The highest BCUT2D eigenvalue weighted by Crippen LogP contribution is 2.25. The van der Waals surface area contributed by atoms with E-state index >= 15 is 0 Å². The summed E-state index contributed by atoms with van der Waals surface area (Å²) in [4.78, 5) is 22.5. The first-order valence-corrected chi connectivity index (χ1v) is 16.2. The summed E-state index contributed by atoms with van der Waals surface area (Å²) >= 11 is 0. The number of hydrogen-bond donors (Lipinski definition) is 2. The van der Waals surface area contributed by atoms with Crippen LogP contribution in [0.3, 0.4) is 0 Å². The van der Waals surface area contributed by atoms with E-state index in [1.54, 1.807) is 36.4 Å². The van der Waals surface area contributed by atoms with Crippen LogP contribution < -0.4 is 18.9 Å². The van der Waals surface area contributed by atoms with Gasteiger partial charge in [-0.1, -0.05) is 103 Å². The molecular weight excluding hydrogens is 632 g/mol. The fourth-order valence-corrected chi connectivity index (χ4v) is 4.97. The molecule has 0 spiro atoms. The number of rotatable bonds is 18. The van der Waals surface area contributed by atoms with E-state index < -0.39 is 11.9 Å². The molecule has 2 N–H and O–H groups in total. The van der Waals surface area contributed by atoms with E-state index in [1.807, 2.05) is 109 Å². The third-order valence-electron chi connectivity index (χ3n) is 7.61. The summed E-state index contributed by atoms with van der Waals surface area (Å²) in [6.45, 7) is 0.737. The summed E-state index contributed by atoms with van der Waals surface area (Å²) < 4.78 is 24.0. The summed E-state index contributed by atoms with van der Waals surface area (Å²) in [5.41, 5.74) is 4.34. The van der Waals surface area contributed by atoms with Gasteiger partial charge in [0, 0.05) is 30.1 Å². The van der Waals surface area contributed by atoms with Crippen molar-refractivity contribution in [2.75, 3.05) is 26.4 Å². The van der Waals surface area contributed by atoms with Crippen molar-refractivity contribution in [3.05, 3.63) is 158 Å². The molecule has 0 amide bonds. The molecule has 5 aromatic rings. The Morgan fingerprint density at radius 3 is 1.14 bits per heavy atom. The average Bonchev–Trinajstić information content (AvgIpc) is 3.15. The Morgan fingerprint density at radius 1 is 0.440 bits per heavy atom. The van der Waals surface area contributed by atoms with Gasteiger partial charge in [0.05, 0.1) is 26.4 Å². The van der Waals surface area contributed by atoms with Crippen molar-refractivity contribution in [1.82, 2.24) is 0 Å². The maximum atomic E-state index is 11.2. The minimum atomic E-state index is -1.06. The molecule has 0 aliphatic rings. The number of carbonyl (C=O) groups is 2. The lowest BCUT2D eigenvalue weighted by Gasteiger charge is -2.17. The van der Waals surface area contributed by atoms with Crippen LogP contribution in [-0.2, 0) is 9.59 Å². The Morgan fingerprint density at radius 2 is 0.780 bits per heavy atom. The van der Waals surface area contributed by atoms with Crippen LogP contribution in [0, 0.1) is 11.8 Å². The lowest BCUT2D eigenvalue weighted by molar-refractivity contribution is -0.132. The van der Waals surface area contributed by atoms with Gasteiger partial charge in [0.2, 0.25) is 0 Å². The van der Waals surface area contributed by atoms with E-state index in [0.29, 0.717) is 23.0 Å². The van der Waals surface area contributed by atoms with Gasteiger partial charge in [-0.05, 0) is 58.7 Å². The quantitative estimate of drug-likeness (QED) is 0.0894. The summed E-state index contributed by atoms with van der Waals surface area (Å²) in [7, 11) is 0. The minimum absolute atomic E-state index is 0.163. The number of benzene rings is 5. The van der Waals surface area contributed by atoms with Crippen LogP contribution in [0.25, 0.3) is 22.3 Å².